The van der Waals surface area contributed by atoms with Crippen molar-refractivity contribution in [2.75, 3.05) is 6.61 Å². The summed E-state index contributed by atoms with van der Waals surface area (Å²) in [4.78, 5) is 0. The number of alkyl halides is 3. The minimum Gasteiger partial charge on any atom is -0.381 e. The summed E-state index contributed by atoms with van der Waals surface area (Å²) in [6, 6.07) is 0.345. The van der Waals surface area contributed by atoms with Gasteiger partial charge in [-0.2, -0.15) is 26.7 Å². The summed E-state index contributed by atoms with van der Waals surface area (Å²) in [5.41, 5.74) is -4.79. The monoisotopic (exact) mass is 352 g/mol. The van der Waals surface area contributed by atoms with Crippen LogP contribution in [0.15, 0.2) is 24.2 Å². The molecule has 1 aliphatic heterocycles. The minimum atomic E-state index is -5.65. The fourth-order valence-electron chi connectivity index (χ4n) is 2.39. The minimum absolute atomic E-state index is 0.0391. The molecular weight excluding hydrogens is 337 g/mol. The summed E-state index contributed by atoms with van der Waals surface area (Å²) < 4.78 is 70.6. The summed E-state index contributed by atoms with van der Waals surface area (Å²) in [5.74, 6) is -0.269. The SMILES string of the molecule is O=S(=O)(OC1=CC(c2cnn(C3CCC3)c2)OCC1)C(F)(F)F. The first-order valence-corrected chi connectivity index (χ1v) is 8.54. The van der Waals surface area contributed by atoms with Crippen molar-refractivity contribution in [3.05, 3.63) is 29.8 Å². The van der Waals surface area contributed by atoms with Crippen molar-refractivity contribution < 1.29 is 30.5 Å². The predicted molar refractivity (Wildman–Crippen MR) is 72.6 cm³/mol. The van der Waals surface area contributed by atoms with Gasteiger partial charge in [-0.05, 0) is 25.3 Å². The maximum atomic E-state index is 12.4. The maximum absolute atomic E-state index is 12.4. The van der Waals surface area contributed by atoms with Crippen LogP contribution < -0.4 is 0 Å². The van der Waals surface area contributed by atoms with E-state index < -0.39 is 21.7 Å². The van der Waals surface area contributed by atoms with Gasteiger partial charge >= 0.3 is 15.6 Å². The van der Waals surface area contributed by atoms with E-state index in [1.54, 1.807) is 17.1 Å². The molecule has 2 aliphatic rings. The Morgan fingerprint density at radius 1 is 1.35 bits per heavy atom. The molecule has 1 aliphatic carbocycles. The highest BCUT2D eigenvalue weighted by molar-refractivity contribution is 7.87. The zero-order valence-electron chi connectivity index (χ0n) is 12.0. The molecule has 0 saturated heterocycles. The molecular formula is C13H15F3N2O4S. The molecule has 23 heavy (non-hydrogen) atoms. The summed E-state index contributed by atoms with van der Waals surface area (Å²) in [7, 11) is -5.65. The van der Waals surface area contributed by atoms with Gasteiger partial charge in [0.2, 0.25) is 0 Å². The second-order valence-corrected chi connectivity index (χ2v) is 7.03. The van der Waals surface area contributed by atoms with E-state index >= 15 is 0 Å². The van der Waals surface area contributed by atoms with Crippen LogP contribution in [0.5, 0.6) is 0 Å². The van der Waals surface area contributed by atoms with Gasteiger partial charge in [0, 0.05) is 18.2 Å². The predicted octanol–water partition coefficient (Wildman–Crippen LogP) is 2.82. The first-order chi connectivity index (χ1) is 10.8. The van der Waals surface area contributed by atoms with Crippen LogP contribution in [-0.4, -0.2) is 30.3 Å². The fourth-order valence-corrected chi connectivity index (χ4v) is 2.90. The highest BCUT2D eigenvalue weighted by Gasteiger charge is 2.49. The quantitative estimate of drug-likeness (QED) is 0.616. The first-order valence-electron chi connectivity index (χ1n) is 7.13. The smallest absolute Gasteiger partial charge is 0.381 e. The highest BCUT2D eigenvalue weighted by atomic mass is 32.2. The largest absolute Gasteiger partial charge is 0.534 e. The van der Waals surface area contributed by atoms with E-state index in [9.17, 15) is 21.6 Å². The molecule has 1 aromatic heterocycles. The average molecular weight is 352 g/mol. The molecule has 1 saturated carbocycles. The van der Waals surface area contributed by atoms with Crippen LogP contribution in [0.1, 0.15) is 43.4 Å². The van der Waals surface area contributed by atoms with E-state index in [-0.39, 0.29) is 18.8 Å². The van der Waals surface area contributed by atoms with Crippen LogP contribution in [0.25, 0.3) is 0 Å². The summed E-state index contributed by atoms with van der Waals surface area (Å²) in [6.45, 7) is 0.0679. The number of aromatic nitrogens is 2. The topological polar surface area (TPSA) is 70.4 Å². The standard InChI is InChI=1S/C13H15F3N2O4S/c14-13(15,16)23(19,20)22-11-4-5-21-12(6-11)9-7-17-18(8-9)10-2-1-3-10/h6-8,10,12H,1-5H2. The normalized spacial score (nSPS) is 23.3. The number of hydrogen-bond donors (Lipinski definition) is 0. The van der Waals surface area contributed by atoms with Crippen molar-refractivity contribution in [2.24, 2.45) is 0 Å². The van der Waals surface area contributed by atoms with Gasteiger partial charge in [-0.3, -0.25) is 4.68 Å². The number of rotatable bonds is 4. The second-order valence-electron chi connectivity index (χ2n) is 5.50. The number of ether oxygens (including phenoxy) is 1. The lowest BCUT2D eigenvalue weighted by Gasteiger charge is -2.25. The molecule has 0 radical (unpaired) electrons. The van der Waals surface area contributed by atoms with E-state index in [4.69, 9.17) is 4.74 Å². The molecule has 10 heteroatoms. The molecule has 0 spiro atoms. The molecule has 1 fully saturated rings. The Hall–Kier alpha value is -1.55. The van der Waals surface area contributed by atoms with E-state index in [0.717, 1.165) is 19.3 Å². The van der Waals surface area contributed by atoms with Crippen LogP contribution in [-0.2, 0) is 19.0 Å². The van der Waals surface area contributed by atoms with Crippen molar-refractivity contribution in [3.8, 4) is 0 Å². The van der Waals surface area contributed by atoms with Crippen LogP contribution in [0, 0.1) is 0 Å². The van der Waals surface area contributed by atoms with Gasteiger partial charge in [0.15, 0.2) is 0 Å². The van der Waals surface area contributed by atoms with Crippen molar-refractivity contribution in [3.63, 3.8) is 0 Å². The number of nitrogens with zero attached hydrogens (tertiary/aromatic N) is 2. The van der Waals surface area contributed by atoms with E-state index in [1.807, 2.05) is 0 Å². The molecule has 1 unspecified atom stereocenters. The first kappa shape index (κ1) is 16.3. The Morgan fingerprint density at radius 3 is 2.70 bits per heavy atom. The van der Waals surface area contributed by atoms with Gasteiger partial charge in [0.1, 0.15) is 11.9 Å². The van der Waals surface area contributed by atoms with Crippen molar-refractivity contribution in [1.82, 2.24) is 9.78 Å². The Bertz CT molecular complexity index is 707. The van der Waals surface area contributed by atoms with Crippen LogP contribution in [0.2, 0.25) is 0 Å². The van der Waals surface area contributed by atoms with Crippen molar-refractivity contribution >= 4 is 10.1 Å². The summed E-state index contributed by atoms with van der Waals surface area (Å²) in [5, 5.41) is 4.22. The van der Waals surface area contributed by atoms with E-state index in [0.29, 0.717) is 11.6 Å². The van der Waals surface area contributed by atoms with Crippen LogP contribution in [0.3, 0.4) is 0 Å². The maximum Gasteiger partial charge on any atom is 0.534 e. The van der Waals surface area contributed by atoms with Gasteiger partial charge in [0.05, 0.1) is 18.8 Å². The van der Waals surface area contributed by atoms with E-state index in [2.05, 4.69) is 9.28 Å². The molecule has 2 heterocycles. The lowest BCUT2D eigenvalue weighted by Crippen LogP contribution is -2.26. The molecule has 3 rings (SSSR count). The van der Waals surface area contributed by atoms with Crippen LogP contribution in [0.4, 0.5) is 13.2 Å². The Balaban J connectivity index is 1.75. The third-order valence-corrected chi connectivity index (χ3v) is 4.88. The van der Waals surface area contributed by atoms with Gasteiger partial charge < -0.3 is 8.92 Å². The van der Waals surface area contributed by atoms with Gasteiger partial charge in [0.25, 0.3) is 0 Å². The van der Waals surface area contributed by atoms with E-state index in [1.165, 1.54) is 6.08 Å². The summed E-state index contributed by atoms with van der Waals surface area (Å²) in [6.07, 6.45) is 7.11. The molecule has 6 nitrogen and oxygen atoms in total. The highest BCUT2D eigenvalue weighted by Crippen LogP contribution is 2.34. The zero-order valence-corrected chi connectivity index (χ0v) is 12.8. The number of halogens is 3. The lowest BCUT2D eigenvalue weighted by molar-refractivity contribution is -0.0530. The summed E-state index contributed by atoms with van der Waals surface area (Å²) >= 11 is 0. The fraction of sp³-hybridized carbons (Fsp3) is 0.615. The number of hydrogen-bond acceptors (Lipinski definition) is 5. The Labute approximate surface area is 131 Å². The third kappa shape index (κ3) is 3.37. The van der Waals surface area contributed by atoms with Crippen LogP contribution >= 0.6 is 0 Å². The molecule has 1 atom stereocenters. The second kappa shape index (κ2) is 5.82. The van der Waals surface area contributed by atoms with Crippen molar-refractivity contribution in [2.45, 2.75) is 43.3 Å². The molecule has 0 amide bonds. The Morgan fingerprint density at radius 2 is 2.09 bits per heavy atom. The molecule has 0 N–H and O–H groups in total. The molecule has 1 aromatic rings. The van der Waals surface area contributed by atoms with Gasteiger partial charge in [-0.1, -0.05) is 0 Å². The average Bonchev–Trinajstić information content (AvgIpc) is 2.84. The van der Waals surface area contributed by atoms with Gasteiger partial charge in [-0.25, -0.2) is 0 Å². The van der Waals surface area contributed by atoms with Crippen molar-refractivity contribution in [1.29, 1.82) is 0 Å². The van der Waals surface area contributed by atoms with Gasteiger partial charge in [-0.15, -0.1) is 0 Å². The molecule has 128 valence electrons. The Kier molecular flexibility index (Phi) is 4.13. The lowest BCUT2D eigenvalue weighted by atomic mass is 9.93. The molecule has 0 aromatic carbocycles. The molecule has 0 bridgehead atoms. The third-order valence-electron chi connectivity index (χ3n) is 3.88. The zero-order chi connectivity index (χ0) is 16.7.